The molecule has 0 aliphatic carbocycles. The van der Waals surface area contributed by atoms with Crippen LogP contribution in [-0.4, -0.2) is 25.8 Å². The lowest BCUT2D eigenvalue weighted by Crippen LogP contribution is -2.74. The average Bonchev–Trinajstić information content (AvgIpc) is 3.96. The third-order valence-electron chi connectivity index (χ3n) is 14.6. The molecular weight excluding hydrogens is 881 g/mol. The van der Waals surface area contributed by atoms with Gasteiger partial charge in [0, 0.05) is 28.9 Å². The van der Waals surface area contributed by atoms with E-state index in [1.165, 1.54) is 63.3 Å². The van der Waals surface area contributed by atoms with Crippen LogP contribution in [0.4, 0.5) is 17.1 Å². The Morgan fingerprint density at radius 1 is 0.271 bits per heavy atom. The van der Waals surface area contributed by atoms with Crippen LogP contribution in [0.2, 0.25) is 0 Å². The van der Waals surface area contributed by atoms with Crippen LogP contribution in [0.5, 0.6) is 0 Å². The van der Waals surface area contributed by atoms with E-state index in [-0.39, 0.29) is 0 Å². The summed E-state index contributed by atoms with van der Waals surface area (Å²) < 4.78 is 2.44. The maximum Gasteiger partial charge on any atom is 0.179 e. The van der Waals surface area contributed by atoms with Crippen LogP contribution in [0.3, 0.4) is 0 Å². The highest BCUT2D eigenvalue weighted by Crippen LogP contribution is 2.46. The SMILES string of the molecule is C1=CN2c3cc([Si](c4ccccc4)(c4ccccc4)c4ccccc4)ccc3N(c3ccc4c(c3)c3ccccc3n4-c3ccc([Si](c4ccccc4)(c4ccccc4)c4ccccc4)cc3)N2C=C1. The minimum absolute atomic E-state index is 1.09. The predicted molar refractivity (Wildman–Crippen MR) is 299 cm³/mol. The number of benzene rings is 10. The smallest absolute Gasteiger partial charge is 0.179 e. The van der Waals surface area contributed by atoms with E-state index >= 15 is 0 Å². The molecule has 3 heterocycles. The predicted octanol–water partition coefficient (Wildman–Crippen LogP) is 9.67. The van der Waals surface area contributed by atoms with Crippen LogP contribution in [0.15, 0.2) is 291 Å². The van der Waals surface area contributed by atoms with Gasteiger partial charge in [0.25, 0.3) is 0 Å². The minimum atomic E-state index is -2.77. The summed E-state index contributed by atoms with van der Waals surface area (Å²) in [5, 5.41) is 20.2. The Bertz CT molecular complexity index is 3520. The lowest BCUT2D eigenvalue weighted by molar-refractivity contribution is 0.408. The van der Waals surface area contributed by atoms with Gasteiger partial charge in [-0.25, -0.2) is 10.0 Å². The Balaban J connectivity index is 0.949. The highest BCUT2D eigenvalue weighted by atomic mass is 28.3. The van der Waals surface area contributed by atoms with Gasteiger partial charge >= 0.3 is 0 Å². The van der Waals surface area contributed by atoms with Crippen molar-refractivity contribution in [2.75, 3.05) is 10.0 Å². The molecule has 11 aromatic rings. The van der Waals surface area contributed by atoms with E-state index < -0.39 is 16.1 Å². The van der Waals surface area contributed by atoms with Gasteiger partial charge in [0.05, 0.1) is 28.1 Å². The van der Waals surface area contributed by atoms with Crippen LogP contribution < -0.4 is 51.5 Å². The van der Waals surface area contributed by atoms with E-state index in [1.54, 1.807) is 0 Å². The van der Waals surface area contributed by atoms with Crippen LogP contribution in [0, 0.1) is 0 Å². The summed E-state index contributed by atoms with van der Waals surface area (Å²) in [6.45, 7) is 0. The molecule has 0 atom stereocenters. The fraction of sp³-hybridized carbons (Fsp3) is 0. The second-order valence-electron chi connectivity index (χ2n) is 18.2. The largest absolute Gasteiger partial charge is 0.309 e. The monoisotopic (exact) mass is 928 g/mol. The number of anilines is 3. The van der Waals surface area contributed by atoms with E-state index in [9.17, 15) is 0 Å². The van der Waals surface area contributed by atoms with Crippen molar-refractivity contribution >= 4 is 96.5 Å². The standard InChI is InChI=1S/C64H48N4Si2/c1-7-23-51(24-8-1)69(52-25-9-2-10-26-52,53-27-11-3-12-28-53)57-40-37-49(38-41-57)67-61-36-20-19-35-59(61)60-47-50(39-43-62(60)67)68-63-44-42-58(48-64(63)65-45-21-22-46-66(65)68)70(54-29-13-4-14-30-54,55-31-15-5-16-32-55)56-33-17-6-18-34-56/h1-48H. The lowest BCUT2D eigenvalue weighted by atomic mass is 10.1. The van der Waals surface area contributed by atoms with Crippen LogP contribution in [0.1, 0.15) is 0 Å². The van der Waals surface area contributed by atoms with Crippen LogP contribution in [-0.2, 0) is 0 Å². The van der Waals surface area contributed by atoms with Crippen molar-refractivity contribution in [3.05, 3.63) is 291 Å². The topological polar surface area (TPSA) is 14.7 Å². The molecule has 1 aromatic heterocycles. The molecule has 0 fully saturated rings. The summed E-state index contributed by atoms with van der Waals surface area (Å²) in [6.07, 6.45) is 8.58. The van der Waals surface area contributed by atoms with Crippen molar-refractivity contribution in [3.63, 3.8) is 0 Å². The second kappa shape index (κ2) is 17.1. The molecule has 0 radical (unpaired) electrons. The summed E-state index contributed by atoms with van der Waals surface area (Å²) in [6, 6.07) is 99.5. The Labute approximate surface area is 411 Å². The number of fused-ring (bicyclic) bond motifs is 6. The maximum absolute atomic E-state index is 2.77. The zero-order valence-corrected chi connectivity index (χ0v) is 40.5. The zero-order chi connectivity index (χ0) is 46.5. The maximum atomic E-state index is 2.46. The van der Waals surface area contributed by atoms with E-state index in [1.807, 2.05) is 0 Å². The molecule has 2 aliphatic heterocycles. The number of hydrazine groups is 2. The number of hydrogen-bond donors (Lipinski definition) is 0. The Morgan fingerprint density at radius 3 is 1.19 bits per heavy atom. The van der Waals surface area contributed by atoms with Gasteiger partial charge in [-0.05, 0) is 102 Å². The summed E-state index contributed by atoms with van der Waals surface area (Å²) in [5.74, 6) is 0. The molecule has 0 bridgehead atoms. The number of aromatic nitrogens is 1. The molecule has 0 saturated heterocycles. The molecule has 0 N–H and O–H groups in total. The molecule has 0 saturated carbocycles. The van der Waals surface area contributed by atoms with Gasteiger partial charge in [-0.1, -0.05) is 218 Å². The van der Waals surface area contributed by atoms with Gasteiger partial charge in [-0.2, -0.15) is 5.12 Å². The first-order chi connectivity index (χ1) is 34.7. The van der Waals surface area contributed by atoms with Gasteiger partial charge in [0.1, 0.15) is 0 Å². The molecular formula is C64H48N4Si2. The average molecular weight is 929 g/mol. The lowest BCUT2D eigenvalue weighted by Gasteiger charge is -2.35. The number of rotatable bonds is 10. The van der Waals surface area contributed by atoms with E-state index in [2.05, 4.69) is 311 Å². The molecule has 0 amide bonds. The number of nitrogens with zero attached hydrogens (tertiary/aromatic N) is 4. The highest BCUT2D eigenvalue weighted by molar-refractivity contribution is 7.20. The van der Waals surface area contributed by atoms with Gasteiger partial charge in [-0.3, -0.25) is 0 Å². The van der Waals surface area contributed by atoms with E-state index in [0.717, 1.165) is 22.7 Å². The Morgan fingerprint density at radius 2 is 0.671 bits per heavy atom. The molecule has 2 aliphatic rings. The third kappa shape index (κ3) is 6.42. The molecule has 6 heteroatoms. The summed E-state index contributed by atoms with van der Waals surface area (Å²) >= 11 is 0. The highest BCUT2D eigenvalue weighted by Gasteiger charge is 2.44. The molecule has 13 rings (SSSR count). The molecule has 332 valence electrons. The fourth-order valence-electron chi connectivity index (χ4n) is 11.6. The molecule has 0 unspecified atom stereocenters. The first-order valence-corrected chi connectivity index (χ1v) is 28.1. The summed E-state index contributed by atoms with van der Waals surface area (Å²) in [5.41, 5.74) is 6.83. The van der Waals surface area contributed by atoms with Crippen molar-refractivity contribution in [2.24, 2.45) is 0 Å². The van der Waals surface area contributed by atoms with Gasteiger partial charge in [0.15, 0.2) is 16.1 Å². The fourth-order valence-corrected chi connectivity index (χ4v) is 21.1. The van der Waals surface area contributed by atoms with Crippen molar-refractivity contribution in [1.82, 2.24) is 9.69 Å². The number of hydrogen-bond acceptors (Lipinski definition) is 3. The second-order valence-corrected chi connectivity index (χ2v) is 25.8. The Kier molecular flexibility index (Phi) is 10.2. The van der Waals surface area contributed by atoms with Crippen molar-refractivity contribution < 1.29 is 0 Å². The van der Waals surface area contributed by atoms with Crippen LogP contribution in [0.25, 0.3) is 27.5 Å². The third-order valence-corrected chi connectivity index (χ3v) is 24.1. The first kappa shape index (κ1) is 41.5. The van der Waals surface area contributed by atoms with Gasteiger partial charge in [-0.15, -0.1) is 0 Å². The first-order valence-electron chi connectivity index (χ1n) is 24.1. The Hall–Kier alpha value is -8.69. The molecule has 0 spiro atoms. The quantitative estimate of drug-likeness (QED) is 0.100. The summed E-state index contributed by atoms with van der Waals surface area (Å²) in [7, 11) is -5.45. The van der Waals surface area contributed by atoms with Gasteiger partial charge in [0.2, 0.25) is 0 Å². The zero-order valence-electron chi connectivity index (χ0n) is 38.5. The number of allylic oxidation sites excluding steroid dienone is 2. The van der Waals surface area contributed by atoms with E-state index in [4.69, 9.17) is 0 Å². The van der Waals surface area contributed by atoms with Crippen molar-refractivity contribution in [3.8, 4) is 5.69 Å². The van der Waals surface area contributed by atoms with Gasteiger partial charge < -0.3 is 4.57 Å². The summed E-state index contributed by atoms with van der Waals surface area (Å²) in [4.78, 5) is 0. The normalized spacial score (nSPS) is 13.2. The molecule has 4 nitrogen and oxygen atoms in total. The van der Waals surface area contributed by atoms with Crippen molar-refractivity contribution in [2.45, 2.75) is 0 Å². The minimum Gasteiger partial charge on any atom is -0.309 e. The number of para-hydroxylation sites is 1. The molecule has 10 aromatic carbocycles. The van der Waals surface area contributed by atoms with Crippen molar-refractivity contribution in [1.29, 1.82) is 0 Å². The van der Waals surface area contributed by atoms with E-state index in [0.29, 0.717) is 0 Å². The molecule has 70 heavy (non-hydrogen) atoms. The van der Waals surface area contributed by atoms with Crippen LogP contribution >= 0.6 is 0 Å².